The second kappa shape index (κ2) is 5.52. The van der Waals surface area contributed by atoms with E-state index in [1.165, 1.54) is 5.56 Å². The van der Waals surface area contributed by atoms with Crippen LogP contribution in [0.15, 0.2) is 22.7 Å². The molecule has 1 unspecified atom stereocenters. The fourth-order valence-electron chi connectivity index (χ4n) is 1.44. The standard InChI is InChI=1S/C12H17BrO/c1-3-4-5-12(14)10-6-7-11(13)9(2)8-10/h6-8,12,14H,3-5H2,1-2H3. The normalized spacial score (nSPS) is 12.9. The number of hydrogen-bond donors (Lipinski definition) is 1. The summed E-state index contributed by atoms with van der Waals surface area (Å²) < 4.78 is 1.10. The van der Waals surface area contributed by atoms with Gasteiger partial charge in [-0.05, 0) is 30.5 Å². The average molecular weight is 257 g/mol. The average Bonchev–Trinajstić information content (AvgIpc) is 2.18. The Morgan fingerprint density at radius 1 is 1.43 bits per heavy atom. The monoisotopic (exact) mass is 256 g/mol. The van der Waals surface area contributed by atoms with Crippen LogP contribution in [0.5, 0.6) is 0 Å². The van der Waals surface area contributed by atoms with Gasteiger partial charge in [0.25, 0.3) is 0 Å². The third-order valence-corrected chi connectivity index (χ3v) is 3.29. The van der Waals surface area contributed by atoms with Gasteiger partial charge in [0, 0.05) is 4.47 Å². The third-order valence-electron chi connectivity index (χ3n) is 2.40. The van der Waals surface area contributed by atoms with Gasteiger partial charge in [0.05, 0.1) is 6.10 Å². The summed E-state index contributed by atoms with van der Waals surface area (Å²) in [5.41, 5.74) is 2.21. The predicted octanol–water partition coefficient (Wildman–Crippen LogP) is 3.98. The SMILES string of the molecule is CCCCC(O)c1ccc(Br)c(C)c1. The minimum absolute atomic E-state index is 0.304. The molecule has 0 spiro atoms. The van der Waals surface area contributed by atoms with Gasteiger partial charge in [-0.3, -0.25) is 0 Å². The van der Waals surface area contributed by atoms with Crippen molar-refractivity contribution in [2.45, 2.75) is 39.2 Å². The van der Waals surface area contributed by atoms with Crippen molar-refractivity contribution in [1.82, 2.24) is 0 Å². The van der Waals surface area contributed by atoms with Gasteiger partial charge in [-0.15, -0.1) is 0 Å². The Balaban J connectivity index is 2.70. The van der Waals surface area contributed by atoms with Crippen LogP contribution in [0.25, 0.3) is 0 Å². The zero-order valence-electron chi connectivity index (χ0n) is 8.76. The molecule has 0 heterocycles. The topological polar surface area (TPSA) is 20.2 Å². The summed E-state index contributed by atoms with van der Waals surface area (Å²) in [4.78, 5) is 0. The van der Waals surface area contributed by atoms with Crippen LogP contribution in [0.4, 0.5) is 0 Å². The molecule has 78 valence electrons. The Kier molecular flexibility index (Phi) is 4.63. The number of aryl methyl sites for hydroxylation is 1. The Morgan fingerprint density at radius 2 is 2.14 bits per heavy atom. The highest BCUT2D eigenvalue weighted by atomic mass is 79.9. The highest BCUT2D eigenvalue weighted by molar-refractivity contribution is 9.10. The first-order valence-electron chi connectivity index (χ1n) is 5.09. The predicted molar refractivity (Wildman–Crippen MR) is 63.4 cm³/mol. The van der Waals surface area contributed by atoms with E-state index in [4.69, 9.17) is 0 Å². The van der Waals surface area contributed by atoms with Crippen LogP contribution < -0.4 is 0 Å². The van der Waals surface area contributed by atoms with Crippen molar-refractivity contribution in [2.75, 3.05) is 0 Å². The second-order valence-corrected chi connectivity index (χ2v) is 4.52. The van der Waals surface area contributed by atoms with Crippen LogP contribution >= 0.6 is 15.9 Å². The number of benzene rings is 1. The summed E-state index contributed by atoms with van der Waals surface area (Å²) >= 11 is 3.45. The zero-order chi connectivity index (χ0) is 10.6. The van der Waals surface area contributed by atoms with Crippen LogP contribution in [0, 0.1) is 6.92 Å². The van der Waals surface area contributed by atoms with E-state index >= 15 is 0 Å². The van der Waals surface area contributed by atoms with E-state index in [-0.39, 0.29) is 6.10 Å². The Morgan fingerprint density at radius 3 is 2.71 bits per heavy atom. The van der Waals surface area contributed by atoms with E-state index in [2.05, 4.69) is 22.9 Å². The Labute approximate surface area is 94.3 Å². The molecule has 1 nitrogen and oxygen atoms in total. The van der Waals surface area contributed by atoms with Crippen LogP contribution in [-0.2, 0) is 0 Å². The van der Waals surface area contributed by atoms with Gasteiger partial charge in [0.2, 0.25) is 0 Å². The minimum atomic E-state index is -0.304. The first-order valence-corrected chi connectivity index (χ1v) is 5.88. The van der Waals surface area contributed by atoms with Gasteiger partial charge in [0.1, 0.15) is 0 Å². The van der Waals surface area contributed by atoms with Gasteiger partial charge >= 0.3 is 0 Å². The second-order valence-electron chi connectivity index (χ2n) is 3.67. The fourth-order valence-corrected chi connectivity index (χ4v) is 1.69. The minimum Gasteiger partial charge on any atom is -0.388 e. The number of halogens is 1. The summed E-state index contributed by atoms with van der Waals surface area (Å²) in [5.74, 6) is 0. The molecule has 1 aromatic rings. The van der Waals surface area contributed by atoms with Crippen molar-refractivity contribution >= 4 is 15.9 Å². The summed E-state index contributed by atoms with van der Waals surface area (Å²) in [6.45, 7) is 4.18. The van der Waals surface area contributed by atoms with E-state index in [0.29, 0.717) is 0 Å². The lowest BCUT2D eigenvalue weighted by Gasteiger charge is -2.11. The molecule has 0 saturated carbocycles. The maximum absolute atomic E-state index is 9.85. The van der Waals surface area contributed by atoms with Gasteiger partial charge < -0.3 is 5.11 Å². The van der Waals surface area contributed by atoms with Gasteiger partial charge in [0.15, 0.2) is 0 Å². The number of aliphatic hydroxyl groups excluding tert-OH is 1. The first kappa shape index (κ1) is 11.7. The van der Waals surface area contributed by atoms with Crippen molar-refractivity contribution in [2.24, 2.45) is 0 Å². The lowest BCUT2D eigenvalue weighted by Crippen LogP contribution is -1.97. The molecule has 0 radical (unpaired) electrons. The molecule has 0 aliphatic carbocycles. The Bertz CT molecular complexity index is 296. The maximum Gasteiger partial charge on any atom is 0.0790 e. The van der Waals surface area contributed by atoms with Crippen molar-refractivity contribution in [3.05, 3.63) is 33.8 Å². The lowest BCUT2D eigenvalue weighted by molar-refractivity contribution is 0.164. The van der Waals surface area contributed by atoms with Gasteiger partial charge in [-0.1, -0.05) is 47.8 Å². The number of rotatable bonds is 4. The molecular weight excluding hydrogens is 240 g/mol. The largest absolute Gasteiger partial charge is 0.388 e. The molecule has 0 saturated heterocycles. The highest BCUT2D eigenvalue weighted by Gasteiger charge is 2.07. The molecule has 0 amide bonds. The van der Waals surface area contributed by atoms with E-state index in [0.717, 1.165) is 29.3 Å². The molecule has 2 heteroatoms. The summed E-state index contributed by atoms with van der Waals surface area (Å²) in [7, 11) is 0. The molecule has 1 aromatic carbocycles. The summed E-state index contributed by atoms with van der Waals surface area (Å²) in [6.07, 6.45) is 2.77. The van der Waals surface area contributed by atoms with Crippen LogP contribution in [-0.4, -0.2) is 5.11 Å². The van der Waals surface area contributed by atoms with Crippen LogP contribution in [0.2, 0.25) is 0 Å². The highest BCUT2D eigenvalue weighted by Crippen LogP contribution is 2.24. The van der Waals surface area contributed by atoms with Crippen LogP contribution in [0.3, 0.4) is 0 Å². The van der Waals surface area contributed by atoms with E-state index in [9.17, 15) is 5.11 Å². The summed E-state index contributed by atoms with van der Waals surface area (Å²) in [5, 5.41) is 9.85. The quantitative estimate of drug-likeness (QED) is 0.864. The first-order chi connectivity index (χ1) is 6.65. The molecule has 0 bridgehead atoms. The van der Waals surface area contributed by atoms with Crippen molar-refractivity contribution in [3.63, 3.8) is 0 Å². The van der Waals surface area contributed by atoms with Crippen LogP contribution in [0.1, 0.15) is 43.4 Å². The molecule has 14 heavy (non-hydrogen) atoms. The molecule has 1 N–H and O–H groups in total. The lowest BCUT2D eigenvalue weighted by atomic mass is 10.0. The van der Waals surface area contributed by atoms with Crippen molar-refractivity contribution in [1.29, 1.82) is 0 Å². The van der Waals surface area contributed by atoms with E-state index in [1.807, 2.05) is 25.1 Å². The molecule has 0 aromatic heterocycles. The molecule has 0 fully saturated rings. The van der Waals surface area contributed by atoms with E-state index in [1.54, 1.807) is 0 Å². The third kappa shape index (κ3) is 3.10. The van der Waals surface area contributed by atoms with Gasteiger partial charge in [-0.2, -0.15) is 0 Å². The Hall–Kier alpha value is -0.340. The van der Waals surface area contributed by atoms with E-state index < -0.39 is 0 Å². The maximum atomic E-state index is 9.85. The fraction of sp³-hybridized carbons (Fsp3) is 0.500. The van der Waals surface area contributed by atoms with Crippen molar-refractivity contribution in [3.8, 4) is 0 Å². The zero-order valence-corrected chi connectivity index (χ0v) is 10.3. The summed E-state index contributed by atoms with van der Waals surface area (Å²) in [6, 6.07) is 6.03. The smallest absolute Gasteiger partial charge is 0.0790 e. The molecule has 0 aliphatic heterocycles. The van der Waals surface area contributed by atoms with Gasteiger partial charge in [-0.25, -0.2) is 0 Å². The molecular formula is C12H17BrO. The molecule has 1 atom stereocenters. The number of aliphatic hydroxyl groups is 1. The number of hydrogen-bond acceptors (Lipinski definition) is 1. The van der Waals surface area contributed by atoms with Crippen molar-refractivity contribution < 1.29 is 5.11 Å². The number of unbranched alkanes of at least 4 members (excludes halogenated alkanes) is 1. The molecule has 0 aliphatic rings. The molecule has 1 rings (SSSR count).